The first-order chi connectivity index (χ1) is 16.6. The quantitative estimate of drug-likeness (QED) is 0.352. The van der Waals surface area contributed by atoms with Crippen molar-refractivity contribution in [3.63, 3.8) is 0 Å². The summed E-state index contributed by atoms with van der Waals surface area (Å²) in [5.41, 5.74) is 7.76. The van der Waals surface area contributed by atoms with Crippen LogP contribution in [0.1, 0.15) is 184 Å². The maximum absolute atomic E-state index is 2.41. The molecule has 0 radical (unpaired) electrons. The molecular formula is C35H76. The van der Waals surface area contributed by atoms with E-state index in [-0.39, 0.29) is 0 Å². The minimum absolute atomic E-state index is 0.833. The number of rotatable bonds is 7. The Bertz CT molecular complexity index is 447. The van der Waals surface area contributed by atoms with Gasteiger partial charge in [-0.25, -0.2) is 0 Å². The van der Waals surface area contributed by atoms with E-state index in [1.165, 1.54) is 63.4 Å². The summed E-state index contributed by atoms with van der Waals surface area (Å²) in [4.78, 5) is 0. The van der Waals surface area contributed by atoms with Gasteiger partial charge in [0.05, 0.1) is 0 Å². The van der Waals surface area contributed by atoms with E-state index < -0.39 is 0 Å². The summed E-state index contributed by atoms with van der Waals surface area (Å²) >= 11 is 0. The molecule has 0 aromatic heterocycles. The van der Waals surface area contributed by atoms with Crippen LogP contribution in [0.2, 0.25) is 0 Å². The van der Waals surface area contributed by atoms with Gasteiger partial charge in [-0.05, 0) is 66.8 Å². The SMILES string of the molecule is CC.CC.CC(C)C.CCC.CCCC.CCCCC.CCCc1cc(C)c(CC)c(C)c1CC. The first-order valence-corrected chi connectivity index (χ1v) is 15.7. The highest BCUT2D eigenvalue weighted by atomic mass is 14.1. The van der Waals surface area contributed by atoms with E-state index in [0.29, 0.717) is 0 Å². The molecular weight excluding hydrogens is 420 g/mol. The Hall–Kier alpha value is -0.780. The molecule has 0 heterocycles. The fourth-order valence-electron chi connectivity index (χ4n) is 3.04. The van der Waals surface area contributed by atoms with E-state index in [1.54, 1.807) is 22.3 Å². The number of benzene rings is 1. The van der Waals surface area contributed by atoms with Crippen molar-refractivity contribution in [1.29, 1.82) is 0 Å². The van der Waals surface area contributed by atoms with Gasteiger partial charge in [-0.2, -0.15) is 0 Å². The Labute approximate surface area is 228 Å². The molecule has 0 amide bonds. The zero-order valence-corrected chi connectivity index (χ0v) is 28.7. The maximum atomic E-state index is 2.41. The Kier molecular flexibility index (Phi) is 58.7. The van der Waals surface area contributed by atoms with Crippen molar-refractivity contribution in [2.45, 2.75) is 189 Å². The number of hydrogen-bond donors (Lipinski definition) is 0. The van der Waals surface area contributed by atoms with E-state index in [9.17, 15) is 0 Å². The van der Waals surface area contributed by atoms with Crippen LogP contribution in [0.15, 0.2) is 6.07 Å². The summed E-state index contributed by atoms with van der Waals surface area (Å²) in [5, 5.41) is 0. The molecule has 0 heteroatoms. The fraction of sp³-hybridized carbons (Fsp3) is 0.829. The van der Waals surface area contributed by atoms with E-state index >= 15 is 0 Å². The minimum atomic E-state index is 0.833. The Morgan fingerprint density at radius 1 is 0.571 bits per heavy atom. The number of unbranched alkanes of at least 4 members (excludes halogenated alkanes) is 3. The van der Waals surface area contributed by atoms with Crippen molar-refractivity contribution >= 4 is 0 Å². The summed E-state index contributed by atoms with van der Waals surface area (Å²) < 4.78 is 0. The smallest absolute Gasteiger partial charge is 0.0279 e. The Morgan fingerprint density at radius 2 is 0.914 bits per heavy atom. The number of hydrogen-bond acceptors (Lipinski definition) is 0. The highest BCUT2D eigenvalue weighted by Crippen LogP contribution is 2.24. The highest BCUT2D eigenvalue weighted by molar-refractivity contribution is 5.45. The van der Waals surface area contributed by atoms with Gasteiger partial charge in [0.2, 0.25) is 0 Å². The molecule has 0 aliphatic heterocycles. The molecule has 1 aromatic rings. The fourth-order valence-corrected chi connectivity index (χ4v) is 3.04. The van der Waals surface area contributed by atoms with Crippen LogP contribution in [0.25, 0.3) is 0 Å². The van der Waals surface area contributed by atoms with Crippen molar-refractivity contribution in [1.82, 2.24) is 0 Å². The van der Waals surface area contributed by atoms with Crippen LogP contribution in [0.3, 0.4) is 0 Å². The highest BCUT2D eigenvalue weighted by Gasteiger charge is 2.09. The molecule has 0 N–H and O–H groups in total. The van der Waals surface area contributed by atoms with Gasteiger partial charge >= 0.3 is 0 Å². The molecule has 0 nitrogen and oxygen atoms in total. The van der Waals surface area contributed by atoms with Crippen molar-refractivity contribution in [2.75, 3.05) is 0 Å². The molecule has 0 spiro atoms. The second-order valence-electron chi connectivity index (χ2n) is 9.18. The van der Waals surface area contributed by atoms with Crippen LogP contribution < -0.4 is 0 Å². The van der Waals surface area contributed by atoms with Crippen molar-refractivity contribution in [2.24, 2.45) is 5.92 Å². The summed E-state index contributed by atoms with van der Waals surface area (Å²) in [6.07, 6.45) is 12.8. The Balaban J connectivity index is -0.0000000870. The van der Waals surface area contributed by atoms with E-state index in [0.717, 1.165) is 12.3 Å². The van der Waals surface area contributed by atoms with Crippen LogP contribution >= 0.6 is 0 Å². The van der Waals surface area contributed by atoms with Gasteiger partial charge in [0.25, 0.3) is 0 Å². The van der Waals surface area contributed by atoms with Crippen LogP contribution in [0.5, 0.6) is 0 Å². The van der Waals surface area contributed by atoms with Gasteiger partial charge in [-0.3, -0.25) is 0 Å². The summed E-state index contributed by atoms with van der Waals surface area (Å²) in [5.74, 6) is 0.833. The zero-order chi connectivity index (χ0) is 29.2. The lowest BCUT2D eigenvalue weighted by Gasteiger charge is -2.17. The first-order valence-electron chi connectivity index (χ1n) is 15.7. The molecule has 0 saturated carbocycles. The predicted molar refractivity (Wildman–Crippen MR) is 174 cm³/mol. The van der Waals surface area contributed by atoms with Crippen LogP contribution in [-0.4, -0.2) is 0 Å². The molecule has 0 aliphatic carbocycles. The Morgan fingerprint density at radius 3 is 1.11 bits per heavy atom. The summed E-state index contributed by atoms with van der Waals surface area (Å²) in [6.45, 7) is 38.9. The van der Waals surface area contributed by atoms with Crippen molar-refractivity contribution < 1.29 is 0 Å². The molecule has 1 aromatic carbocycles. The average molecular weight is 497 g/mol. The lowest BCUT2D eigenvalue weighted by molar-refractivity contribution is 0.737. The van der Waals surface area contributed by atoms with Crippen molar-refractivity contribution in [3.8, 4) is 0 Å². The minimum Gasteiger partial charge on any atom is -0.0683 e. The topological polar surface area (TPSA) is 0 Å². The molecule has 0 saturated heterocycles. The molecule has 0 atom stereocenters. The molecule has 216 valence electrons. The van der Waals surface area contributed by atoms with Crippen molar-refractivity contribution in [3.05, 3.63) is 33.9 Å². The molecule has 0 fully saturated rings. The van der Waals surface area contributed by atoms with Gasteiger partial charge in [0.1, 0.15) is 0 Å². The molecule has 35 heavy (non-hydrogen) atoms. The summed E-state index contributed by atoms with van der Waals surface area (Å²) in [7, 11) is 0. The second-order valence-corrected chi connectivity index (χ2v) is 9.18. The van der Waals surface area contributed by atoms with Crippen LogP contribution in [-0.2, 0) is 19.3 Å². The maximum Gasteiger partial charge on any atom is -0.0279 e. The van der Waals surface area contributed by atoms with E-state index in [1.807, 2.05) is 27.7 Å². The van der Waals surface area contributed by atoms with Crippen LogP contribution in [0.4, 0.5) is 0 Å². The van der Waals surface area contributed by atoms with Crippen LogP contribution in [0, 0.1) is 19.8 Å². The third-order valence-corrected chi connectivity index (χ3v) is 4.59. The third kappa shape index (κ3) is 37.9. The van der Waals surface area contributed by atoms with Gasteiger partial charge in [0.15, 0.2) is 0 Å². The lowest BCUT2D eigenvalue weighted by Crippen LogP contribution is -2.02. The first kappa shape index (κ1) is 47.4. The molecule has 0 aliphatic rings. The van der Waals surface area contributed by atoms with Gasteiger partial charge < -0.3 is 0 Å². The summed E-state index contributed by atoms with van der Waals surface area (Å²) in [6, 6.07) is 2.41. The van der Waals surface area contributed by atoms with E-state index in [2.05, 4.69) is 103 Å². The lowest BCUT2D eigenvalue weighted by atomic mass is 9.89. The predicted octanol–water partition coefficient (Wildman–Crippen LogP) is 13.5. The third-order valence-electron chi connectivity index (χ3n) is 4.59. The largest absolute Gasteiger partial charge is 0.0683 e. The van der Waals surface area contributed by atoms with E-state index in [4.69, 9.17) is 0 Å². The zero-order valence-electron chi connectivity index (χ0n) is 28.7. The molecule has 0 bridgehead atoms. The molecule has 0 unspecified atom stereocenters. The number of aryl methyl sites for hydroxylation is 2. The normalized spacial score (nSPS) is 8.54. The average Bonchev–Trinajstić information content (AvgIpc) is 2.83. The second kappa shape index (κ2) is 43.3. The van der Waals surface area contributed by atoms with Gasteiger partial charge in [-0.1, -0.05) is 162 Å². The monoisotopic (exact) mass is 497 g/mol. The molecule has 1 rings (SSSR count). The van der Waals surface area contributed by atoms with Gasteiger partial charge in [-0.15, -0.1) is 0 Å². The standard InChI is InChI=1S/C15H24.C5H12.2C4H10.C3H8.2C2H6/c1-6-9-13-10-11(4)14(7-2)12(5)15(13)8-3;1-3-5-4-2;1-4(2)3;1-3-4-2;1-3-2;2*1-2/h10H,6-9H2,1-5H3;3-5H2,1-2H3;4H,1-3H3;3-4H2,1-2H3;3H2,1-2H3;2*1-2H3. The van der Waals surface area contributed by atoms with Gasteiger partial charge in [0, 0.05) is 0 Å².